The summed E-state index contributed by atoms with van der Waals surface area (Å²) in [5.74, 6) is 0.235. The van der Waals surface area contributed by atoms with E-state index in [2.05, 4.69) is 45.2 Å². The maximum absolute atomic E-state index is 14.0. The number of para-hydroxylation sites is 1. The molecule has 0 radical (unpaired) electrons. The van der Waals surface area contributed by atoms with Gasteiger partial charge in [-0.3, -0.25) is 4.79 Å². The number of rotatable bonds is 5. The van der Waals surface area contributed by atoms with Crippen molar-refractivity contribution in [1.82, 2.24) is 29.7 Å². The Morgan fingerprint density at radius 3 is 2.65 bits per heavy atom. The molecule has 7 nitrogen and oxygen atoms in total. The molecule has 37 heavy (non-hydrogen) atoms. The molecule has 2 aromatic heterocycles. The highest BCUT2D eigenvalue weighted by Gasteiger charge is 2.60. The Balaban J connectivity index is 1.31. The average Bonchev–Trinajstić information content (AvgIpc) is 3.21. The second kappa shape index (κ2) is 9.26. The van der Waals surface area contributed by atoms with E-state index < -0.39 is 0 Å². The Morgan fingerprint density at radius 2 is 1.92 bits per heavy atom. The average molecular weight is 600 g/mol. The molecule has 2 aromatic carbocycles. The van der Waals surface area contributed by atoms with Gasteiger partial charge in [0.15, 0.2) is 0 Å². The van der Waals surface area contributed by atoms with Gasteiger partial charge >= 0.3 is 0 Å². The summed E-state index contributed by atoms with van der Waals surface area (Å²) in [7, 11) is 0. The number of nitrogens with zero attached hydrogens (tertiary/aromatic N) is 6. The van der Waals surface area contributed by atoms with Crippen molar-refractivity contribution in [3.05, 3.63) is 86.3 Å². The van der Waals surface area contributed by atoms with Crippen molar-refractivity contribution in [1.29, 1.82) is 0 Å². The highest BCUT2D eigenvalue weighted by atomic mass is 79.9. The molecule has 6 rings (SSSR count). The van der Waals surface area contributed by atoms with Crippen LogP contribution < -0.4 is 0 Å². The predicted octanol–water partition coefficient (Wildman–Crippen LogP) is 6.81. The molecular weight excluding hydrogens is 575 g/mol. The van der Waals surface area contributed by atoms with Gasteiger partial charge in [-0.25, -0.2) is 9.36 Å². The van der Waals surface area contributed by atoms with Crippen molar-refractivity contribution in [2.75, 3.05) is 6.54 Å². The van der Waals surface area contributed by atoms with Crippen LogP contribution in [0.4, 0.5) is 0 Å². The van der Waals surface area contributed by atoms with Gasteiger partial charge in [0, 0.05) is 22.0 Å². The minimum atomic E-state index is -0.232. The molecule has 1 amide bonds. The summed E-state index contributed by atoms with van der Waals surface area (Å²) in [6.07, 6.45) is 6.40. The van der Waals surface area contributed by atoms with Gasteiger partial charge in [-0.1, -0.05) is 54.4 Å². The third kappa shape index (κ3) is 4.10. The normalized spacial score (nSPS) is 18.2. The molecule has 1 saturated carbocycles. The Morgan fingerprint density at radius 1 is 1.14 bits per heavy atom. The summed E-state index contributed by atoms with van der Waals surface area (Å²) in [5.41, 5.74) is 3.77. The third-order valence-electron chi connectivity index (χ3n) is 7.52. The lowest BCUT2D eigenvalue weighted by Crippen LogP contribution is -2.39. The zero-order valence-electron chi connectivity index (χ0n) is 20.4. The second-order valence-corrected chi connectivity index (χ2v) is 11.7. The number of hydrogen-bond donors (Lipinski definition) is 0. The molecule has 1 spiro atoms. The Labute approximate surface area is 233 Å². The molecule has 2 aliphatic rings. The van der Waals surface area contributed by atoms with Gasteiger partial charge in [0.05, 0.1) is 51.3 Å². The zero-order valence-corrected chi connectivity index (χ0v) is 23.5. The molecule has 1 aliphatic carbocycles. The first-order chi connectivity index (χ1) is 17.8. The summed E-state index contributed by atoms with van der Waals surface area (Å²) in [6, 6.07) is 13.1. The van der Waals surface area contributed by atoms with E-state index >= 15 is 0 Å². The van der Waals surface area contributed by atoms with Crippen molar-refractivity contribution in [3.8, 4) is 11.4 Å². The lowest BCUT2D eigenvalue weighted by Gasteiger charge is -2.28. The van der Waals surface area contributed by atoms with Crippen LogP contribution in [0.5, 0.6) is 0 Å². The van der Waals surface area contributed by atoms with Gasteiger partial charge in [-0.15, -0.1) is 5.10 Å². The monoisotopic (exact) mass is 598 g/mol. The van der Waals surface area contributed by atoms with E-state index in [9.17, 15) is 4.79 Å². The molecule has 0 bridgehead atoms. The van der Waals surface area contributed by atoms with Crippen LogP contribution in [0.25, 0.3) is 11.4 Å². The highest BCUT2D eigenvalue weighted by Crippen LogP contribution is 2.57. The molecule has 190 valence electrons. The van der Waals surface area contributed by atoms with Crippen LogP contribution in [0.3, 0.4) is 0 Å². The smallest absolute Gasteiger partial charge is 0.257 e. The van der Waals surface area contributed by atoms with Gasteiger partial charge < -0.3 is 4.90 Å². The van der Waals surface area contributed by atoms with Crippen molar-refractivity contribution in [3.63, 3.8) is 0 Å². The van der Waals surface area contributed by atoms with E-state index in [1.54, 1.807) is 10.9 Å². The topological polar surface area (TPSA) is 68.8 Å². The fourth-order valence-electron chi connectivity index (χ4n) is 5.67. The predicted molar refractivity (Wildman–Crippen MR) is 147 cm³/mol. The molecule has 1 saturated heterocycles. The van der Waals surface area contributed by atoms with E-state index in [4.69, 9.17) is 23.2 Å². The number of likely N-dealkylation sites (tertiary alicyclic amines) is 1. The highest BCUT2D eigenvalue weighted by molar-refractivity contribution is 9.10. The minimum Gasteiger partial charge on any atom is -0.332 e. The fraction of sp³-hybridized carbons (Fsp3) is 0.333. The van der Waals surface area contributed by atoms with E-state index in [0.29, 0.717) is 22.2 Å². The molecular formula is C27H25BrCl2N6O. The van der Waals surface area contributed by atoms with Gasteiger partial charge in [-0.05, 0) is 71.4 Å². The summed E-state index contributed by atoms with van der Waals surface area (Å²) in [5, 5.41) is 14.7. The van der Waals surface area contributed by atoms with Gasteiger partial charge in [0.2, 0.25) is 0 Å². The first-order valence-corrected chi connectivity index (χ1v) is 13.9. The number of hydrogen-bond acceptors (Lipinski definition) is 4. The number of carbonyl (C=O) groups excluding carboxylic acids is 1. The standard InChI is InChI=1S/C27H25BrCl2N6O/c1-16(2)25-18(14-31-36(25)23-6-4-3-5-21(23)30)26(37)34-12-9-19(27(34)10-11-27)22-15-35(33-32-22)24-13-17(29)7-8-20(24)28/h3-8,13-16,19H,9-12H2,1-2H3. The van der Waals surface area contributed by atoms with Crippen molar-refractivity contribution >= 4 is 45.0 Å². The Hall–Kier alpha value is -2.68. The van der Waals surface area contributed by atoms with Crippen LogP contribution in [0.15, 0.2) is 59.3 Å². The molecule has 2 fully saturated rings. The SMILES string of the molecule is CC(C)c1c(C(=O)N2CCC(c3cn(-c4cc(Cl)ccc4Br)nn3)C23CC3)cnn1-c1ccccc1Cl. The molecule has 1 unspecified atom stereocenters. The first-order valence-electron chi connectivity index (χ1n) is 12.3. The van der Waals surface area contributed by atoms with E-state index in [-0.39, 0.29) is 23.3 Å². The summed E-state index contributed by atoms with van der Waals surface area (Å²) >= 11 is 16.3. The molecule has 0 N–H and O–H groups in total. The Bertz CT molecular complexity index is 1510. The van der Waals surface area contributed by atoms with Crippen LogP contribution >= 0.6 is 39.1 Å². The first kappa shape index (κ1) is 24.6. The quantitative estimate of drug-likeness (QED) is 0.253. The summed E-state index contributed by atoms with van der Waals surface area (Å²) in [4.78, 5) is 16.1. The van der Waals surface area contributed by atoms with Crippen molar-refractivity contribution in [2.45, 2.75) is 50.5 Å². The number of halogens is 3. The third-order valence-corrected chi connectivity index (χ3v) is 8.75. The lowest BCUT2D eigenvalue weighted by atomic mass is 9.94. The van der Waals surface area contributed by atoms with Crippen LogP contribution in [-0.4, -0.2) is 47.7 Å². The fourth-order valence-corrected chi connectivity index (χ4v) is 6.48. The van der Waals surface area contributed by atoms with Gasteiger partial charge in [0.25, 0.3) is 5.91 Å². The molecule has 1 aliphatic heterocycles. The molecule has 1 atom stereocenters. The van der Waals surface area contributed by atoms with Crippen molar-refractivity contribution in [2.24, 2.45) is 0 Å². The number of amides is 1. The van der Waals surface area contributed by atoms with Crippen LogP contribution in [0.2, 0.25) is 10.0 Å². The molecule has 4 aromatic rings. The minimum absolute atomic E-state index is 0.0204. The van der Waals surface area contributed by atoms with Gasteiger partial charge in [0.1, 0.15) is 0 Å². The molecule has 3 heterocycles. The Kier molecular flexibility index (Phi) is 6.17. The van der Waals surface area contributed by atoms with E-state index in [1.165, 1.54) is 0 Å². The van der Waals surface area contributed by atoms with Crippen LogP contribution in [0, 0.1) is 0 Å². The largest absolute Gasteiger partial charge is 0.332 e. The van der Waals surface area contributed by atoms with E-state index in [0.717, 1.165) is 46.5 Å². The summed E-state index contributed by atoms with van der Waals surface area (Å²) < 4.78 is 4.44. The maximum atomic E-state index is 14.0. The lowest BCUT2D eigenvalue weighted by molar-refractivity contribution is 0.0707. The number of aromatic nitrogens is 5. The zero-order chi connectivity index (χ0) is 25.9. The van der Waals surface area contributed by atoms with Gasteiger partial charge in [-0.2, -0.15) is 5.10 Å². The second-order valence-electron chi connectivity index (χ2n) is 10.0. The van der Waals surface area contributed by atoms with Crippen LogP contribution in [-0.2, 0) is 0 Å². The van der Waals surface area contributed by atoms with Crippen molar-refractivity contribution < 1.29 is 4.79 Å². The maximum Gasteiger partial charge on any atom is 0.257 e. The van der Waals surface area contributed by atoms with Crippen LogP contribution in [0.1, 0.15) is 66.7 Å². The number of carbonyl (C=O) groups is 1. The summed E-state index contributed by atoms with van der Waals surface area (Å²) in [6.45, 7) is 4.83. The van der Waals surface area contributed by atoms with E-state index in [1.807, 2.05) is 58.2 Å². The molecule has 10 heteroatoms. The number of benzene rings is 2.